The molecule has 1 aliphatic heterocycles. The van der Waals surface area contributed by atoms with Crippen LogP contribution in [-0.4, -0.2) is 47.4 Å². The van der Waals surface area contributed by atoms with Crippen LogP contribution in [0.15, 0.2) is 36.7 Å². The largest absolute Gasteiger partial charge is 0.393 e. The Kier molecular flexibility index (Phi) is 4.29. The maximum absolute atomic E-state index is 9.49. The third-order valence-corrected chi connectivity index (χ3v) is 5.32. The van der Waals surface area contributed by atoms with Crippen molar-refractivity contribution in [2.24, 2.45) is 0 Å². The lowest BCUT2D eigenvalue weighted by Gasteiger charge is -2.37. The molecule has 1 aromatic heterocycles. The van der Waals surface area contributed by atoms with E-state index in [0.717, 1.165) is 61.2 Å². The van der Waals surface area contributed by atoms with Gasteiger partial charge < -0.3 is 14.9 Å². The molecule has 4 rings (SSSR count). The molecule has 1 N–H and O–H groups in total. The third kappa shape index (κ3) is 3.06. The molecule has 2 aliphatic rings. The number of rotatable bonds is 3. The van der Waals surface area contributed by atoms with Crippen molar-refractivity contribution in [3.63, 3.8) is 0 Å². The fourth-order valence-electron chi connectivity index (χ4n) is 3.47. The molecular formula is C18H21ClN4O. The summed E-state index contributed by atoms with van der Waals surface area (Å²) < 4.78 is 0. The van der Waals surface area contributed by atoms with Crippen molar-refractivity contribution in [3.05, 3.63) is 47.4 Å². The van der Waals surface area contributed by atoms with Crippen LogP contribution in [0.25, 0.3) is 0 Å². The molecule has 0 atom stereocenters. The van der Waals surface area contributed by atoms with Gasteiger partial charge in [-0.05, 0) is 25.0 Å². The van der Waals surface area contributed by atoms with Gasteiger partial charge in [0.15, 0.2) is 0 Å². The molecule has 126 valence electrons. The van der Waals surface area contributed by atoms with E-state index in [4.69, 9.17) is 11.6 Å². The number of aromatic nitrogens is 2. The average molecular weight is 345 g/mol. The molecule has 0 bridgehead atoms. The van der Waals surface area contributed by atoms with Crippen LogP contribution in [0.4, 0.5) is 11.5 Å². The Labute approximate surface area is 146 Å². The molecule has 0 amide bonds. The number of hydrogen-bond acceptors (Lipinski definition) is 5. The molecule has 1 aromatic carbocycles. The van der Waals surface area contributed by atoms with Crippen LogP contribution >= 0.6 is 11.6 Å². The summed E-state index contributed by atoms with van der Waals surface area (Å²) in [6.45, 7) is 3.67. The molecule has 24 heavy (non-hydrogen) atoms. The first-order valence-electron chi connectivity index (χ1n) is 8.45. The summed E-state index contributed by atoms with van der Waals surface area (Å²) in [6, 6.07) is 10.1. The molecule has 1 aliphatic carbocycles. The molecule has 5 nitrogen and oxygen atoms in total. The van der Waals surface area contributed by atoms with E-state index < -0.39 is 0 Å². The van der Waals surface area contributed by atoms with E-state index in [2.05, 4.69) is 31.9 Å². The van der Waals surface area contributed by atoms with Gasteiger partial charge in [-0.3, -0.25) is 0 Å². The fraction of sp³-hybridized carbons (Fsp3) is 0.444. The van der Waals surface area contributed by atoms with Crippen molar-refractivity contribution in [1.29, 1.82) is 0 Å². The number of para-hydroxylation sites is 1. The van der Waals surface area contributed by atoms with Gasteiger partial charge in [-0.15, -0.1) is 0 Å². The van der Waals surface area contributed by atoms with Crippen molar-refractivity contribution < 1.29 is 5.11 Å². The number of benzene rings is 1. The lowest BCUT2D eigenvalue weighted by molar-refractivity contribution is 0.0732. The van der Waals surface area contributed by atoms with Crippen LogP contribution in [0.3, 0.4) is 0 Å². The molecule has 2 aromatic rings. The quantitative estimate of drug-likeness (QED) is 0.927. The molecule has 2 heterocycles. The number of piperazine rings is 1. The highest BCUT2D eigenvalue weighted by Gasteiger charge is 2.30. The van der Waals surface area contributed by atoms with Crippen molar-refractivity contribution in [2.75, 3.05) is 36.0 Å². The molecule has 6 heteroatoms. The first-order valence-corrected chi connectivity index (χ1v) is 8.83. The molecule has 1 saturated heterocycles. The summed E-state index contributed by atoms with van der Waals surface area (Å²) in [5.41, 5.74) is 2.16. The lowest BCUT2D eigenvalue weighted by Crippen LogP contribution is -2.47. The van der Waals surface area contributed by atoms with Gasteiger partial charge >= 0.3 is 0 Å². The van der Waals surface area contributed by atoms with Crippen LogP contribution in [0.2, 0.25) is 5.02 Å². The number of aliphatic hydroxyl groups is 1. The standard InChI is InChI=1S/C18H21ClN4O/c19-15-3-1-2-4-17(15)22-5-7-23(8-6-22)18-11-16(20-12-21-18)13-9-14(24)10-13/h1-4,11-14,24H,5-10H2. The minimum absolute atomic E-state index is 0.160. The van der Waals surface area contributed by atoms with Gasteiger partial charge in [-0.25, -0.2) is 9.97 Å². The van der Waals surface area contributed by atoms with E-state index in [1.54, 1.807) is 6.33 Å². The van der Waals surface area contributed by atoms with Gasteiger partial charge in [0, 0.05) is 43.9 Å². The Morgan fingerprint density at radius 3 is 2.42 bits per heavy atom. The molecule has 1 saturated carbocycles. The Bertz CT molecular complexity index is 712. The van der Waals surface area contributed by atoms with E-state index in [-0.39, 0.29) is 6.10 Å². The highest BCUT2D eigenvalue weighted by molar-refractivity contribution is 6.33. The Balaban J connectivity index is 1.43. The summed E-state index contributed by atoms with van der Waals surface area (Å²) in [6.07, 6.45) is 3.12. The Hall–Kier alpha value is -1.85. The van der Waals surface area contributed by atoms with Crippen LogP contribution in [0.1, 0.15) is 24.5 Å². The molecule has 0 radical (unpaired) electrons. The normalized spacial score (nSPS) is 23.9. The van der Waals surface area contributed by atoms with E-state index in [0.29, 0.717) is 5.92 Å². The van der Waals surface area contributed by atoms with Crippen LogP contribution in [0, 0.1) is 0 Å². The Morgan fingerprint density at radius 1 is 1.00 bits per heavy atom. The zero-order chi connectivity index (χ0) is 16.5. The van der Waals surface area contributed by atoms with Gasteiger partial charge in [0.1, 0.15) is 12.1 Å². The van der Waals surface area contributed by atoms with Gasteiger partial charge in [0.05, 0.1) is 16.8 Å². The summed E-state index contributed by atoms with van der Waals surface area (Å²) in [4.78, 5) is 13.5. The second-order valence-electron chi connectivity index (χ2n) is 6.55. The van der Waals surface area contributed by atoms with Gasteiger partial charge in [-0.2, -0.15) is 0 Å². The molecule has 0 unspecified atom stereocenters. The summed E-state index contributed by atoms with van der Waals surface area (Å²) in [5.74, 6) is 1.37. The highest BCUT2D eigenvalue weighted by Crippen LogP contribution is 2.36. The maximum Gasteiger partial charge on any atom is 0.132 e. The third-order valence-electron chi connectivity index (χ3n) is 5.00. The van der Waals surface area contributed by atoms with Crippen molar-refractivity contribution >= 4 is 23.1 Å². The monoisotopic (exact) mass is 344 g/mol. The summed E-state index contributed by atoms with van der Waals surface area (Å²) in [7, 11) is 0. The van der Waals surface area contributed by atoms with Crippen molar-refractivity contribution in [1.82, 2.24) is 9.97 Å². The topological polar surface area (TPSA) is 52.5 Å². The van der Waals surface area contributed by atoms with E-state index >= 15 is 0 Å². The van der Waals surface area contributed by atoms with E-state index in [1.807, 2.05) is 18.2 Å². The van der Waals surface area contributed by atoms with Crippen LogP contribution in [-0.2, 0) is 0 Å². The molecular weight excluding hydrogens is 324 g/mol. The van der Waals surface area contributed by atoms with E-state index in [1.165, 1.54) is 0 Å². The van der Waals surface area contributed by atoms with Gasteiger partial charge in [0.25, 0.3) is 0 Å². The van der Waals surface area contributed by atoms with Crippen LogP contribution in [0.5, 0.6) is 0 Å². The number of hydrogen-bond donors (Lipinski definition) is 1. The zero-order valence-corrected chi connectivity index (χ0v) is 14.2. The molecule has 2 fully saturated rings. The summed E-state index contributed by atoms with van der Waals surface area (Å²) >= 11 is 6.30. The van der Waals surface area contributed by atoms with Crippen molar-refractivity contribution in [2.45, 2.75) is 24.9 Å². The number of anilines is 2. The SMILES string of the molecule is OC1CC(c2cc(N3CCN(c4ccccc4Cl)CC3)ncn2)C1. The highest BCUT2D eigenvalue weighted by atomic mass is 35.5. The maximum atomic E-state index is 9.49. The minimum atomic E-state index is -0.160. The van der Waals surface area contributed by atoms with Crippen molar-refractivity contribution in [3.8, 4) is 0 Å². The number of halogens is 1. The fourth-order valence-corrected chi connectivity index (χ4v) is 3.73. The van der Waals surface area contributed by atoms with E-state index in [9.17, 15) is 5.11 Å². The van der Waals surface area contributed by atoms with Gasteiger partial charge in [0.2, 0.25) is 0 Å². The summed E-state index contributed by atoms with van der Waals surface area (Å²) in [5, 5.41) is 10.3. The average Bonchev–Trinajstić information content (AvgIpc) is 2.60. The molecule has 0 spiro atoms. The number of nitrogens with zero attached hydrogens (tertiary/aromatic N) is 4. The minimum Gasteiger partial charge on any atom is -0.393 e. The smallest absolute Gasteiger partial charge is 0.132 e. The zero-order valence-electron chi connectivity index (χ0n) is 13.5. The second-order valence-corrected chi connectivity index (χ2v) is 6.96. The first kappa shape index (κ1) is 15.7. The first-order chi connectivity index (χ1) is 11.7. The van der Waals surface area contributed by atoms with Gasteiger partial charge in [-0.1, -0.05) is 23.7 Å². The van der Waals surface area contributed by atoms with Crippen LogP contribution < -0.4 is 9.80 Å². The lowest BCUT2D eigenvalue weighted by atomic mass is 9.80. The Morgan fingerprint density at radius 2 is 1.71 bits per heavy atom. The predicted molar refractivity (Wildman–Crippen MR) is 95.9 cm³/mol. The number of aliphatic hydroxyl groups excluding tert-OH is 1. The second kappa shape index (κ2) is 6.57. The predicted octanol–water partition coefficient (Wildman–Crippen LogP) is 2.69.